The van der Waals surface area contributed by atoms with Gasteiger partial charge in [-0.1, -0.05) is 54.7 Å². The minimum absolute atomic E-state index is 0.0543. The van der Waals surface area contributed by atoms with Crippen LogP contribution in [0.15, 0.2) is 91.6 Å². The Morgan fingerprint density at radius 3 is 2.93 bits per heavy atom. The van der Waals surface area contributed by atoms with E-state index >= 15 is 0 Å². The van der Waals surface area contributed by atoms with E-state index < -0.39 is 0 Å². The first-order chi connectivity index (χ1) is 14.8. The minimum Gasteiger partial charge on any atom is -0.494 e. The van der Waals surface area contributed by atoms with Crippen LogP contribution in [0.25, 0.3) is 0 Å². The standard InChI is InChI=1S/C13H14N2O.C11H16N2O/c1-2-14-13-11(6-5-8-15-13)10-12-7-3-4-9-16-12;12-8-11(13-9-14)7-10-5-3-1-2-4-6-10/h2-9,12H,1,10H2,(H,14,15);1-5,9,11H,6-8,12H2,(H,13,14). The van der Waals surface area contributed by atoms with E-state index in [-0.39, 0.29) is 12.1 Å². The molecular weight excluding hydrogens is 376 g/mol. The zero-order valence-corrected chi connectivity index (χ0v) is 17.1. The van der Waals surface area contributed by atoms with Gasteiger partial charge in [-0.3, -0.25) is 4.79 Å². The summed E-state index contributed by atoms with van der Waals surface area (Å²) in [5.74, 6) is 0.837. The summed E-state index contributed by atoms with van der Waals surface area (Å²) in [6, 6.07) is 4.01. The van der Waals surface area contributed by atoms with Gasteiger partial charge in [0.1, 0.15) is 11.9 Å². The van der Waals surface area contributed by atoms with Gasteiger partial charge in [0, 0.05) is 25.2 Å². The summed E-state index contributed by atoms with van der Waals surface area (Å²) in [5.41, 5.74) is 7.94. The van der Waals surface area contributed by atoms with Gasteiger partial charge >= 0.3 is 0 Å². The summed E-state index contributed by atoms with van der Waals surface area (Å²) < 4.78 is 5.47. The van der Waals surface area contributed by atoms with Gasteiger partial charge in [0.25, 0.3) is 0 Å². The van der Waals surface area contributed by atoms with E-state index in [2.05, 4.69) is 34.3 Å². The van der Waals surface area contributed by atoms with E-state index in [1.54, 1.807) is 18.7 Å². The fraction of sp³-hybridized carbons (Fsp3) is 0.250. The lowest BCUT2D eigenvalue weighted by molar-refractivity contribution is -0.110. The van der Waals surface area contributed by atoms with Gasteiger partial charge in [-0.15, -0.1) is 0 Å². The number of rotatable bonds is 9. The Kier molecular flexibility index (Phi) is 10.5. The molecule has 158 valence electrons. The second-order valence-corrected chi connectivity index (χ2v) is 6.72. The van der Waals surface area contributed by atoms with Gasteiger partial charge in [-0.05, 0) is 42.8 Å². The summed E-state index contributed by atoms with van der Waals surface area (Å²) in [5, 5.41) is 5.73. The van der Waals surface area contributed by atoms with Crippen LogP contribution < -0.4 is 16.4 Å². The zero-order chi connectivity index (χ0) is 21.4. The Morgan fingerprint density at radius 2 is 2.20 bits per heavy atom. The first-order valence-electron chi connectivity index (χ1n) is 9.98. The highest BCUT2D eigenvalue weighted by Crippen LogP contribution is 2.17. The SMILES string of the molecule is C=CNc1ncccc1CC1C=CC=CO1.NCC(CC1=CC=CC=CC1)NC=O. The van der Waals surface area contributed by atoms with Crippen LogP contribution in [0.5, 0.6) is 0 Å². The maximum Gasteiger partial charge on any atom is 0.207 e. The number of nitrogens with one attached hydrogen (secondary N) is 2. The average Bonchev–Trinajstić information content (AvgIpc) is 3.05. The van der Waals surface area contributed by atoms with Crippen molar-refractivity contribution < 1.29 is 9.53 Å². The van der Waals surface area contributed by atoms with Crippen molar-refractivity contribution in [2.45, 2.75) is 31.4 Å². The predicted molar refractivity (Wildman–Crippen MR) is 123 cm³/mol. The molecule has 0 fully saturated rings. The van der Waals surface area contributed by atoms with Gasteiger partial charge in [0.05, 0.1) is 6.26 Å². The molecule has 3 rings (SSSR count). The summed E-state index contributed by atoms with van der Waals surface area (Å²) in [4.78, 5) is 14.5. The Labute approximate surface area is 178 Å². The number of amides is 1. The number of allylic oxidation sites excluding steroid dienone is 7. The molecule has 1 aliphatic carbocycles. The molecule has 0 saturated heterocycles. The van der Waals surface area contributed by atoms with Crippen LogP contribution in [0.4, 0.5) is 5.82 Å². The summed E-state index contributed by atoms with van der Waals surface area (Å²) in [7, 11) is 0. The Balaban J connectivity index is 0.000000216. The van der Waals surface area contributed by atoms with Crippen LogP contribution in [-0.2, 0) is 16.0 Å². The van der Waals surface area contributed by atoms with E-state index in [0.717, 1.165) is 30.6 Å². The monoisotopic (exact) mass is 406 g/mol. The molecule has 1 aromatic rings. The molecule has 6 heteroatoms. The van der Waals surface area contributed by atoms with Crippen molar-refractivity contribution in [2.24, 2.45) is 5.73 Å². The maximum absolute atomic E-state index is 10.3. The van der Waals surface area contributed by atoms with Crippen LogP contribution >= 0.6 is 0 Å². The molecule has 30 heavy (non-hydrogen) atoms. The van der Waals surface area contributed by atoms with Gasteiger partial charge in [0.15, 0.2) is 0 Å². The third-order valence-electron chi connectivity index (χ3n) is 4.49. The lowest BCUT2D eigenvalue weighted by atomic mass is 10.0. The quantitative estimate of drug-likeness (QED) is 0.546. The maximum atomic E-state index is 10.3. The first kappa shape index (κ1) is 22.9. The van der Waals surface area contributed by atoms with Crippen LogP contribution in [-0.4, -0.2) is 30.1 Å². The van der Waals surface area contributed by atoms with Gasteiger partial charge in [-0.2, -0.15) is 0 Å². The van der Waals surface area contributed by atoms with Crippen molar-refractivity contribution in [3.63, 3.8) is 0 Å². The average molecular weight is 407 g/mol. The fourth-order valence-electron chi connectivity index (χ4n) is 2.98. The molecule has 0 spiro atoms. The Hall–Kier alpha value is -3.38. The summed E-state index contributed by atoms with van der Waals surface area (Å²) >= 11 is 0. The third-order valence-corrected chi connectivity index (χ3v) is 4.49. The molecule has 6 nitrogen and oxygen atoms in total. The number of pyridine rings is 1. The third kappa shape index (κ3) is 8.32. The number of aromatic nitrogens is 1. The largest absolute Gasteiger partial charge is 0.494 e. The number of ether oxygens (including phenoxy) is 1. The molecule has 2 heterocycles. The van der Waals surface area contributed by atoms with Crippen LogP contribution in [0, 0.1) is 0 Å². The number of nitrogens with two attached hydrogens (primary N) is 1. The molecule has 1 aromatic heterocycles. The van der Waals surface area contributed by atoms with Crippen molar-refractivity contribution in [1.29, 1.82) is 0 Å². The summed E-state index contributed by atoms with van der Waals surface area (Å²) in [6.45, 7) is 4.11. The van der Waals surface area contributed by atoms with E-state index in [4.69, 9.17) is 10.5 Å². The second-order valence-electron chi connectivity index (χ2n) is 6.72. The molecule has 1 aliphatic heterocycles. The van der Waals surface area contributed by atoms with Gasteiger partial charge in [0.2, 0.25) is 6.41 Å². The zero-order valence-electron chi connectivity index (χ0n) is 17.1. The molecule has 2 atom stereocenters. The fourth-order valence-corrected chi connectivity index (χ4v) is 2.98. The lowest BCUT2D eigenvalue weighted by Crippen LogP contribution is -2.35. The van der Waals surface area contributed by atoms with Gasteiger partial charge < -0.3 is 21.1 Å². The number of nitrogens with zero attached hydrogens (tertiary/aromatic N) is 1. The molecule has 0 aromatic carbocycles. The molecule has 0 radical (unpaired) electrons. The van der Waals surface area contributed by atoms with E-state index in [0.29, 0.717) is 13.0 Å². The lowest BCUT2D eigenvalue weighted by Gasteiger charge is -2.16. The topological polar surface area (TPSA) is 89.3 Å². The minimum atomic E-state index is 0.0543. The Bertz CT molecular complexity index is 824. The van der Waals surface area contributed by atoms with Crippen molar-refractivity contribution in [2.75, 3.05) is 11.9 Å². The van der Waals surface area contributed by atoms with Crippen molar-refractivity contribution in [1.82, 2.24) is 10.3 Å². The van der Waals surface area contributed by atoms with Crippen LogP contribution in [0.3, 0.4) is 0 Å². The number of anilines is 1. The molecule has 1 amide bonds. The van der Waals surface area contributed by atoms with E-state index in [1.807, 2.05) is 48.6 Å². The molecular formula is C24H30N4O2. The normalized spacial score (nSPS) is 17.5. The van der Waals surface area contributed by atoms with E-state index in [9.17, 15) is 4.79 Å². The summed E-state index contributed by atoms with van der Waals surface area (Å²) in [6.07, 6.45) is 24.5. The Morgan fingerprint density at radius 1 is 1.30 bits per heavy atom. The smallest absolute Gasteiger partial charge is 0.207 e. The number of hydrogen-bond acceptors (Lipinski definition) is 5. The van der Waals surface area contributed by atoms with Crippen LogP contribution in [0.2, 0.25) is 0 Å². The molecule has 2 unspecified atom stereocenters. The second kappa shape index (κ2) is 13.7. The highest BCUT2D eigenvalue weighted by molar-refractivity contribution is 5.47. The molecule has 2 aliphatic rings. The van der Waals surface area contributed by atoms with E-state index in [1.165, 1.54) is 5.57 Å². The highest BCUT2D eigenvalue weighted by Gasteiger charge is 2.11. The van der Waals surface area contributed by atoms with Crippen molar-refractivity contribution in [3.8, 4) is 0 Å². The molecule has 0 saturated carbocycles. The van der Waals surface area contributed by atoms with Gasteiger partial charge in [-0.25, -0.2) is 4.98 Å². The highest BCUT2D eigenvalue weighted by atomic mass is 16.5. The molecule has 0 bridgehead atoms. The van der Waals surface area contributed by atoms with Crippen LogP contribution in [0.1, 0.15) is 18.4 Å². The van der Waals surface area contributed by atoms with Crippen molar-refractivity contribution >= 4 is 12.2 Å². The number of carbonyl (C=O) groups is 1. The molecule has 4 N–H and O–H groups in total. The predicted octanol–water partition coefficient (Wildman–Crippen LogP) is 3.54. The number of carbonyl (C=O) groups excluding carboxylic acids is 1. The number of hydrogen-bond donors (Lipinski definition) is 3. The van der Waals surface area contributed by atoms with Crippen molar-refractivity contribution in [3.05, 3.63) is 97.1 Å². The first-order valence-corrected chi connectivity index (χ1v) is 9.98.